The van der Waals surface area contributed by atoms with E-state index in [-0.39, 0.29) is 17.5 Å². The summed E-state index contributed by atoms with van der Waals surface area (Å²) < 4.78 is 5.77. The van der Waals surface area contributed by atoms with Gasteiger partial charge in [0.2, 0.25) is 5.91 Å². The van der Waals surface area contributed by atoms with E-state index in [0.29, 0.717) is 17.2 Å². The van der Waals surface area contributed by atoms with Crippen LogP contribution in [0.15, 0.2) is 73.1 Å². The second-order valence-corrected chi connectivity index (χ2v) is 7.20. The van der Waals surface area contributed by atoms with Crippen molar-refractivity contribution in [3.8, 4) is 11.5 Å². The van der Waals surface area contributed by atoms with Crippen molar-refractivity contribution in [2.45, 2.75) is 6.92 Å². The molecule has 4 rings (SSSR count). The Morgan fingerprint density at radius 3 is 2.62 bits per heavy atom. The number of H-pyrrole nitrogens is 1. The van der Waals surface area contributed by atoms with Crippen LogP contribution >= 0.6 is 0 Å². The van der Waals surface area contributed by atoms with Gasteiger partial charge in [0.25, 0.3) is 5.91 Å². The minimum atomic E-state index is -0.288. The summed E-state index contributed by atoms with van der Waals surface area (Å²) in [6.07, 6.45) is 6.68. The molecule has 4 aromatic rings. The zero-order valence-electron chi connectivity index (χ0n) is 17.7. The van der Waals surface area contributed by atoms with Crippen molar-refractivity contribution in [2.75, 3.05) is 12.4 Å². The third-order valence-electron chi connectivity index (χ3n) is 4.83. The maximum Gasteiger partial charge on any atom is 0.269 e. The maximum atomic E-state index is 12.3. The van der Waals surface area contributed by atoms with Crippen LogP contribution in [0.1, 0.15) is 21.6 Å². The lowest BCUT2D eigenvalue weighted by molar-refractivity contribution is -0.111. The largest absolute Gasteiger partial charge is 0.457 e. The first kappa shape index (κ1) is 20.9. The lowest BCUT2D eigenvalue weighted by Gasteiger charge is -2.08. The number of aromatic nitrogens is 2. The number of carbonyl (C=O) groups excluding carboxylic acids is 2. The summed E-state index contributed by atoms with van der Waals surface area (Å²) in [5.41, 5.74) is 4.08. The van der Waals surface area contributed by atoms with Gasteiger partial charge in [0.1, 0.15) is 17.2 Å². The van der Waals surface area contributed by atoms with Gasteiger partial charge in [0.05, 0.1) is 0 Å². The number of hydrogen-bond donors (Lipinski definition) is 3. The molecule has 0 bridgehead atoms. The Morgan fingerprint density at radius 1 is 1.03 bits per heavy atom. The van der Waals surface area contributed by atoms with Crippen molar-refractivity contribution in [1.82, 2.24) is 15.3 Å². The monoisotopic (exact) mass is 426 g/mol. The van der Waals surface area contributed by atoms with E-state index in [1.54, 1.807) is 49.5 Å². The smallest absolute Gasteiger partial charge is 0.269 e. The summed E-state index contributed by atoms with van der Waals surface area (Å²) in [7, 11) is 1.54. The van der Waals surface area contributed by atoms with Gasteiger partial charge in [-0.05, 0) is 60.5 Å². The van der Waals surface area contributed by atoms with E-state index in [0.717, 1.165) is 16.5 Å². The molecule has 7 heteroatoms. The molecule has 0 unspecified atom stereocenters. The molecule has 0 atom stereocenters. The number of pyridine rings is 1. The fourth-order valence-electron chi connectivity index (χ4n) is 3.22. The molecule has 2 heterocycles. The lowest BCUT2D eigenvalue weighted by atomic mass is 10.1. The van der Waals surface area contributed by atoms with Crippen LogP contribution in [0.2, 0.25) is 0 Å². The molecule has 0 fully saturated rings. The average Bonchev–Trinajstić information content (AvgIpc) is 3.20. The molecule has 32 heavy (non-hydrogen) atoms. The first-order valence-electron chi connectivity index (χ1n) is 10.0. The molecule has 0 aliphatic rings. The van der Waals surface area contributed by atoms with Gasteiger partial charge in [0, 0.05) is 48.2 Å². The predicted molar refractivity (Wildman–Crippen MR) is 125 cm³/mol. The number of aryl methyl sites for hydroxylation is 1. The van der Waals surface area contributed by atoms with Gasteiger partial charge in [-0.2, -0.15) is 0 Å². The van der Waals surface area contributed by atoms with Gasteiger partial charge in [-0.25, -0.2) is 0 Å². The van der Waals surface area contributed by atoms with Crippen LogP contribution in [0.3, 0.4) is 0 Å². The number of nitrogens with zero attached hydrogens (tertiary/aromatic N) is 1. The molecule has 7 nitrogen and oxygen atoms in total. The zero-order chi connectivity index (χ0) is 22.5. The van der Waals surface area contributed by atoms with Crippen molar-refractivity contribution in [3.63, 3.8) is 0 Å². The lowest BCUT2D eigenvalue weighted by Crippen LogP contribution is -2.18. The maximum absolute atomic E-state index is 12.3. The van der Waals surface area contributed by atoms with Gasteiger partial charge in [-0.1, -0.05) is 12.1 Å². The molecule has 0 radical (unpaired) electrons. The number of fused-ring (bicyclic) bond motifs is 1. The molecular weight excluding hydrogens is 404 g/mol. The molecule has 160 valence electrons. The van der Waals surface area contributed by atoms with Crippen molar-refractivity contribution in [2.24, 2.45) is 0 Å². The van der Waals surface area contributed by atoms with Crippen LogP contribution in [-0.4, -0.2) is 28.8 Å². The van der Waals surface area contributed by atoms with E-state index in [9.17, 15) is 9.59 Å². The van der Waals surface area contributed by atoms with Crippen LogP contribution in [-0.2, 0) is 4.79 Å². The number of anilines is 1. The molecule has 0 aliphatic carbocycles. The van der Waals surface area contributed by atoms with Crippen molar-refractivity contribution in [1.29, 1.82) is 0 Å². The Labute approximate surface area is 185 Å². The summed E-state index contributed by atoms with van der Waals surface area (Å²) in [5.74, 6) is 0.544. The Kier molecular flexibility index (Phi) is 5.98. The Morgan fingerprint density at radius 2 is 1.84 bits per heavy atom. The topological polar surface area (TPSA) is 96.1 Å². The van der Waals surface area contributed by atoms with E-state index in [4.69, 9.17) is 4.74 Å². The fourth-order valence-corrected chi connectivity index (χ4v) is 3.22. The van der Waals surface area contributed by atoms with Crippen molar-refractivity contribution < 1.29 is 14.3 Å². The molecule has 2 aromatic heterocycles. The quantitative estimate of drug-likeness (QED) is 0.390. The molecule has 2 aromatic carbocycles. The molecular formula is C25H22N4O3. The molecule has 2 amide bonds. The fraction of sp³-hybridized carbons (Fsp3) is 0.0800. The van der Waals surface area contributed by atoms with E-state index in [2.05, 4.69) is 26.7 Å². The predicted octanol–water partition coefficient (Wildman–Crippen LogP) is 4.68. The summed E-state index contributed by atoms with van der Waals surface area (Å²) in [6, 6.07) is 16.3. The average molecular weight is 426 g/mol. The highest BCUT2D eigenvalue weighted by Crippen LogP contribution is 2.24. The highest BCUT2D eigenvalue weighted by molar-refractivity contribution is 6.03. The zero-order valence-corrected chi connectivity index (χ0v) is 17.7. The normalized spacial score (nSPS) is 10.9. The number of rotatable bonds is 6. The summed E-state index contributed by atoms with van der Waals surface area (Å²) >= 11 is 0. The summed E-state index contributed by atoms with van der Waals surface area (Å²) in [4.78, 5) is 31.2. The highest BCUT2D eigenvalue weighted by atomic mass is 16.5. The molecule has 3 N–H and O–H groups in total. The Balaban J connectivity index is 1.38. The number of hydrogen-bond acceptors (Lipinski definition) is 4. The van der Waals surface area contributed by atoms with Crippen LogP contribution in [0, 0.1) is 6.92 Å². The van der Waals surface area contributed by atoms with Gasteiger partial charge in [-0.3, -0.25) is 14.6 Å². The number of ether oxygens (including phenoxy) is 1. The molecule has 0 spiro atoms. The molecule has 0 saturated heterocycles. The van der Waals surface area contributed by atoms with E-state index >= 15 is 0 Å². The third-order valence-corrected chi connectivity index (χ3v) is 4.83. The minimum absolute atomic E-state index is 0.232. The van der Waals surface area contributed by atoms with Crippen molar-refractivity contribution >= 4 is 34.5 Å². The summed E-state index contributed by atoms with van der Waals surface area (Å²) in [5, 5.41) is 6.42. The SMILES string of the molecule is CNC(=O)c1cc(Oc2ccc(NC(=O)C=Cc3c[nH]c4cc(C)ccc34)cc2)ccn1. The third kappa shape index (κ3) is 4.84. The van der Waals surface area contributed by atoms with Crippen LogP contribution in [0.4, 0.5) is 5.69 Å². The molecule has 0 aliphatic heterocycles. The van der Waals surface area contributed by atoms with E-state index in [1.807, 2.05) is 25.3 Å². The second-order valence-electron chi connectivity index (χ2n) is 7.20. The summed E-state index contributed by atoms with van der Waals surface area (Å²) in [6.45, 7) is 2.04. The Hall–Kier alpha value is -4.39. The first-order chi connectivity index (χ1) is 15.5. The van der Waals surface area contributed by atoms with Crippen LogP contribution < -0.4 is 15.4 Å². The van der Waals surface area contributed by atoms with E-state index < -0.39 is 0 Å². The van der Waals surface area contributed by atoms with Crippen molar-refractivity contribution in [3.05, 3.63) is 89.9 Å². The standard InChI is InChI=1S/C25H22N4O3/c1-16-3-9-21-17(15-28-22(21)13-16)4-10-24(30)29-18-5-7-19(8-6-18)32-20-11-12-27-23(14-20)25(31)26-2/h3-15,28H,1-2H3,(H,26,31)(H,29,30). The Bertz CT molecular complexity index is 1310. The number of amides is 2. The van der Waals surface area contributed by atoms with Gasteiger partial charge in [-0.15, -0.1) is 0 Å². The number of carbonyl (C=O) groups is 2. The first-order valence-corrected chi connectivity index (χ1v) is 10.0. The second kappa shape index (κ2) is 9.18. The van der Waals surface area contributed by atoms with Crippen LogP contribution in [0.5, 0.6) is 11.5 Å². The minimum Gasteiger partial charge on any atom is -0.457 e. The van der Waals surface area contributed by atoms with Crippen LogP contribution in [0.25, 0.3) is 17.0 Å². The number of aromatic amines is 1. The number of nitrogens with one attached hydrogen (secondary N) is 3. The highest BCUT2D eigenvalue weighted by Gasteiger charge is 2.07. The van der Waals surface area contributed by atoms with Gasteiger partial charge < -0.3 is 20.4 Å². The van der Waals surface area contributed by atoms with Gasteiger partial charge >= 0.3 is 0 Å². The van der Waals surface area contributed by atoms with Gasteiger partial charge in [0.15, 0.2) is 0 Å². The number of benzene rings is 2. The molecule has 0 saturated carbocycles. The van der Waals surface area contributed by atoms with E-state index in [1.165, 1.54) is 17.8 Å².